The van der Waals surface area contributed by atoms with Crippen LogP contribution in [0.3, 0.4) is 0 Å². The monoisotopic (exact) mass is 327 g/mol. The third kappa shape index (κ3) is 2.99. The fourth-order valence-corrected chi connectivity index (χ4v) is 2.24. The largest absolute Gasteiger partial charge is 0.493 e. The van der Waals surface area contributed by atoms with E-state index in [2.05, 4.69) is 4.99 Å². The quantitative estimate of drug-likeness (QED) is 0.639. The van der Waals surface area contributed by atoms with Crippen LogP contribution in [0.2, 0.25) is 0 Å². The van der Waals surface area contributed by atoms with E-state index in [0.717, 1.165) is 0 Å². The lowest BCUT2D eigenvalue weighted by Crippen LogP contribution is -2.06. The van der Waals surface area contributed by atoms with Crippen molar-refractivity contribution in [3.63, 3.8) is 0 Å². The maximum absolute atomic E-state index is 13.7. The molecule has 0 bridgehead atoms. The van der Waals surface area contributed by atoms with Gasteiger partial charge in [0.1, 0.15) is 5.82 Å². The minimum atomic E-state index is -0.636. The highest BCUT2D eigenvalue weighted by atomic mass is 19.1. The van der Waals surface area contributed by atoms with Gasteiger partial charge >= 0.3 is 5.97 Å². The number of hydrogen-bond donors (Lipinski definition) is 0. The number of esters is 1. The van der Waals surface area contributed by atoms with E-state index in [1.807, 2.05) is 0 Å². The third-order valence-electron chi connectivity index (χ3n) is 3.45. The molecule has 2 aromatic rings. The summed E-state index contributed by atoms with van der Waals surface area (Å²) in [6.45, 7) is 0. The molecule has 2 aromatic carbocycles. The fourth-order valence-electron chi connectivity index (χ4n) is 2.24. The average Bonchev–Trinajstić information content (AvgIpc) is 2.97. The summed E-state index contributed by atoms with van der Waals surface area (Å²) >= 11 is 0. The van der Waals surface area contributed by atoms with Gasteiger partial charge in [-0.15, -0.1) is 0 Å². The number of benzene rings is 2. The summed E-state index contributed by atoms with van der Waals surface area (Å²) in [6.07, 6.45) is 1.35. The maximum Gasteiger partial charge on any atom is 0.363 e. The molecule has 0 saturated heterocycles. The Labute approximate surface area is 138 Å². The predicted molar refractivity (Wildman–Crippen MR) is 86.6 cm³/mol. The Kier molecular flexibility index (Phi) is 4.29. The van der Waals surface area contributed by atoms with Crippen LogP contribution in [0.5, 0.6) is 11.5 Å². The molecule has 0 unspecified atom stereocenters. The van der Waals surface area contributed by atoms with Crippen LogP contribution in [0.1, 0.15) is 11.1 Å². The number of methoxy groups -OCH3 is 2. The summed E-state index contributed by atoms with van der Waals surface area (Å²) in [4.78, 5) is 16.1. The first-order chi connectivity index (χ1) is 11.6. The molecular weight excluding hydrogens is 313 g/mol. The van der Waals surface area contributed by atoms with Gasteiger partial charge in [-0.25, -0.2) is 14.2 Å². The van der Waals surface area contributed by atoms with Gasteiger partial charge in [0, 0.05) is 11.1 Å². The van der Waals surface area contributed by atoms with Crippen molar-refractivity contribution in [1.29, 1.82) is 0 Å². The van der Waals surface area contributed by atoms with E-state index in [1.165, 1.54) is 26.4 Å². The first kappa shape index (κ1) is 15.7. The molecule has 0 amide bonds. The van der Waals surface area contributed by atoms with Crippen LogP contribution in [-0.2, 0) is 9.53 Å². The summed E-state index contributed by atoms with van der Waals surface area (Å²) in [6, 6.07) is 11.1. The van der Waals surface area contributed by atoms with Crippen LogP contribution in [0.15, 0.2) is 53.2 Å². The molecule has 0 spiro atoms. The van der Waals surface area contributed by atoms with E-state index >= 15 is 0 Å². The van der Waals surface area contributed by atoms with Crippen LogP contribution < -0.4 is 9.47 Å². The van der Waals surface area contributed by atoms with Crippen LogP contribution in [0, 0.1) is 5.82 Å². The van der Waals surface area contributed by atoms with Crippen molar-refractivity contribution in [3.05, 3.63) is 65.1 Å². The Hall–Kier alpha value is -3.15. The van der Waals surface area contributed by atoms with Gasteiger partial charge in [0.2, 0.25) is 5.90 Å². The van der Waals surface area contributed by atoms with Crippen molar-refractivity contribution in [1.82, 2.24) is 0 Å². The summed E-state index contributed by atoms with van der Waals surface area (Å²) < 4.78 is 29.2. The molecule has 6 heteroatoms. The second kappa shape index (κ2) is 6.54. The van der Waals surface area contributed by atoms with Crippen molar-refractivity contribution < 1.29 is 23.4 Å². The van der Waals surface area contributed by atoms with Gasteiger partial charge in [-0.1, -0.05) is 18.2 Å². The highest BCUT2D eigenvalue weighted by Crippen LogP contribution is 2.29. The van der Waals surface area contributed by atoms with E-state index < -0.39 is 11.8 Å². The minimum absolute atomic E-state index is 0.0323. The Balaban J connectivity index is 1.96. The van der Waals surface area contributed by atoms with E-state index in [-0.39, 0.29) is 17.2 Å². The van der Waals surface area contributed by atoms with Gasteiger partial charge in [-0.3, -0.25) is 0 Å². The zero-order valence-corrected chi connectivity index (χ0v) is 13.1. The molecule has 0 aliphatic carbocycles. The predicted octanol–water partition coefficient (Wildman–Crippen LogP) is 3.19. The smallest absolute Gasteiger partial charge is 0.363 e. The number of aliphatic imine (C=N–C) groups is 1. The molecule has 0 aromatic heterocycles. The molecule has 1 aliphatic rings. The second-order valence-electron chi connectivity index (χ2n) is 4.93. The molecule has 0 saturated carbocycles. The number of ether oxygens (including phenoxy) is 3. The van der Waals surface area contributed by atoms with Gasteiger partial charge in [0.15, 0.2) is 17.2 Å². The molecule has 122 valence electrons. The summed E-state index contributed by atoms with van der Waals surface area (Å²) in [5.41, 5.74) is 0.851. The molecule has 1 aliphatic heterocycles. The number of halogens is 1. The zero-order valence-electron chi connectivity index (χ0n) is 13.1. The standard InChI is InChI=1S/C18H14FNO4/c1-22-15-8-7-12(10-16(15)23-2)17-20-14(18(21)24-17)9-11-5-3-4-6-13(11)19/h3-10H,1-2H3. The molecular formula is C18H14FNO4. The maximum atomic E-state index is 13.7. The van der Waals surface area contributed by atoms with Crippen molar-refractivity contribution >= 4 is 17.9 Å². The van der Waals surface area contributed by atoms with Gasteiger partial charge in [-0.2, -0.15) is 0 Å². The zero-order chi connectivity index (χ0) is 17.1. The number of hydrogen-bond acceptors (Lipinski definition) is 5. The Morgan fingerprint density at radius 1 is 1.08 bits per heavy atom. The minimum Gasteiger partial charge on any atom is -0.493 e. The van der Waals surface area contributed by atoms with Crippen molar-refractivity contribution in [2.75, 3.05) is 14.2 Å². The molecule has 0 fully saturated rings. The molecule has 0 N–H and O–H groups in total. The van der Waals surface area contributed by atoms with Crippen LogP contribution >= 0.6 is 0 Å². The van der Waals surface area contributed by atoms with E-state index in [9.17, 15) is 9.18 Å². The molecule has 5 nitrogen and oxygen atoms in total. The van der Waals surface area contributed by atoms with Crippen molar-refractivity contribution in [3.8, 4) is 11.5 Å². The lowest BCUT2D eigenvalue weighted by molar-refractivity contribution is -0.129. The first-order valence-electron chi connectivity index (χ1n) is 7.12. The topological polar surface area (TPSA) is 57.1 Å². The van der Waals surface area contributed by atoms with Gasteiger partial charge in [0.05, 0.1) is 14.2 Å². The highest BCUT2D eigenvalue weighted by molar-refractivity contribution is 6.13. The fraction of sp³-hybridized carbons (Fsp3) is 0.111. The normalized spacial score (nSPS) is 15.2. The number of nitrogens with zero attached hydrogens (tertiary/aromatic N) is 1. The molecule has 0 radical (unpaired) electrons. The number of cyclic esters (lactones) is 1. The Morgan fingerprint density at radius 2 is 1.83 bits per heavy atom. The van der Waals surface area contributed by atoms with Gasteiger partial charge in [0.25, 0.3) is 0 Å². The van der Waals surface area contributed by atoms with Crippen LogP contribution in [0.4, 0.5) is 4.39 Å². The van der Waals surface area contributed by atoms with Crippen LogP contribution in [0.25, 0.3) is 6.08 Å². The first-order valence-corrected chi connectivity index (χ1v) is 7.12. The SMILES string of the molecule is COc1ccc(C2=NC(=Cc3ccccc3F)C(=O)O2)cc1OC. The number of carbonyl (C=O) groups is 1. The lowest BCUT2D eigenvalue weighted by atomic mass is 10.2. The second-order valence-corrected chi connectivity index (χ2v) is 4.93. The Bertz CT molecular complexity index is 858. The van der Waals surface area contributed by atoms with Crippen molar-refractivity contribution in [2.24, 2.45) is 4.99 Å². The van der Waals surface area contributed by atoms with Crippen LogP contribution in [-0.4, -0.2) is 26.1 Å². The molecule has 3 rings (SSSR count). The summed E-state index contributed by atoms with van der Waals surface area (Å²) in [7, 11) is 3.04. The third-order valence-corrected chi connectivity index (χ3v) is 3.45. The molecule has 0 atom stereocenters. The summed E-state index contributed by atoms with van der Waals surface area (Å²) in [5, 5.41) is 0. The average molecular weight is 327 g/mol. The molecule has 24 heavy (non-hydrogen) atoms. The lowest BCUT2D eigenvalue weighted by Gasteiger charge is -2.08. The van der Waals surface area contributed by atoms with Crippen molar-refractivity contribution in [2.45, 2.75) is 0 Å². The van der Waals surface area contributed by atoms with E-state index in [1.54, 1.807) is 36.4 Å². The summed E-state index contributed by atoms with van der Waals surface area (Å²) in [5.74, 6) is 0.0905. The molecule has 1 heterocycles. The number of rotatable bonds is 4. The Morgan fingerprint density at radius 3 is 2.54 bits per heavy atom. The van der Waals surface area contributed by atoms with Gasteiger partial charge < -0.3 is 14.2 Å². The van der Waals surface area contributed by atoms with E-state index in [4.69, 9.17) is 14.2 Å². The number of carbonyl (C=O) groups excluding carboxylic acids is 1. The van der Waals surface area contributed by atoms with E-state index in [0.29, 0.717) is 17.1 Å². The van der Waals surface area contributed by atoms with Gasteiger partial charge in [-0.05, 0) is 30.3 Å². The highest BCUT2D eigenvalue weighted by Gasteiger charge is 2.25.